The third-order valence-electron chi connectivity index (χ3n) is 3.25. The highest BCUT2D eigenvalue weighted by Gasteiger charge is 2.41. The van der Waals surface area contributed by atoms with Gasteiger partial charge in [0.15, 0.2) is 12.4 Å². The van der Waals surface area contributed by atoms with Crippen LogP contribution >= 0.6 is 0 Å². The number of H-pyrrole nitrogens is 1. The second kappa shape index (κ2) is 4.72. The van der Waals surface area contributed by atoms with Gasteiger partial charge in [-0.15, -0.1) is 0 Å². The van der Waals surface area contributed by atoms with Gasteiger partial charge in [-0.25, -0.2) is 9.67 Å². The summed E-state index contributed by atoms with van der Waals surface area (Å²) in [6.45, 7) is 3.89. The number of fused-ring (bicyclic) bond motifs is 1. The molecule has 0 saturated heterocycles. The number of methoxy groups -OCH3 is 1. The topological polar surface area (TPSA) is 96.1 Å². The van der Waals surface area contributed by atoms with Crippen LogP contribution in [-0.2, 0) is 9.53 Å². The number of ether oxygens (including phenoxy) is 1. The maximum atomic E-state index is 12.1. The number of esters is 1. The minimum Gasteiger partial charge on any atom is -0.468 e. The molecule has 102 valence electrons. The molecule has 3 heterocycles. The maximum Gasteiger partial charge on any atom is 0.317 e. The first kappa shape index (κ1) is 12.3. The number of aromatic amines is 1. The van der Waals surface area contributed by atoms with Crippen LogP contribution in [0.2, 0.25) is 0 Å². The molecule has 1 aliphatic heterocycles. The normalized spacial score (nSPS) is 20.9. The van der Waals surface area contributed by atoms with E-state index < -0.39 is 17.9 Å². The number of anilines is 1. The Bertz CT molecular complexity index is 653. The molecule has 2 aromatic rings. The highest BCUT2D eigenvalue weighted by atomic mass is 16.5. The number of pyridine rings is 1. The number of tetrazole rings is 1. The first-order valence-electron chi connectivity index (χ1n) is 6.00. The number of hydrogen-bond acceptors (Lipinski definition) is 6. The maximum absolute atomic E-state index is 12.1. The molecule has 8 heteroatoms. The van der Waals surface area contributed by atoms with Crippen molar-refractivity contribution < 1.29 is 14.5 Å². The van der Waals surface area contributed by atoms with Gasteiger partial charge < -0.3 is 10.1 Å². The molecule has 0 bridgehead atoms. The summed E-state index contributed by atoms with van der Waals surface area (Å²) < 4.78 is 6.43. The van der Waals surface area contributed by atoms with E-state index in [4.69, 9.17) is 4.74 Å². The van der Waals surface area contributed by atoms with Crippen LogP contribution in [-0.4, -0.2) is 33.3 Å². The van der Waals surface area contributed by atoms with E-state index in [1.165, 1.54) is 7.11 Å². The van der Waals surface area contributed by atoms with Crippen molar-refractivity contribution in [2.75, 3.05) is 12.4 Å². The Morgan fingerprint density at radius 2 is 2.45 bits per heavy atom. The third-order valence-corrected chi connectivity index (χ3v) is 3.25. The fraction of sp³-hybridized carbons (Fsp3) is 0.250. The van der Waals surface area contributed by atoms with E-state index >= 15 is 0 Å². The zero-order valence-corrected chi connectivity index (χ0v) is 10.8. The average molecular weight is 273 g/mol. The Kier molecular flexibility index (Phi) is 2.90. The largest absolute Gasteiger partial charge is 0.468 e. The molecule has 0 spiro atoms. The van der Waals surface area contributed by atoms with E-state index in [2.05, 4.69) is 32.4 Å². The van der Waals surface area contributed by atoms with Gasteiger partial charge in [0.05, 0.1) is 7.11 Å². The molecule has 0 aliphatic carbocycles. The summed E-state index contributed by atoms with van der Waals surface area (Å²) in [5.41, 5.74) is 1.37. The quantitative estimate of drug-likeness (QED) is 0.761. The van der Waals surface area contributed by atoms with Crippen molar-refractivity contribution in [3.8, 4) is 0 Å². The van der Waals surface area contributed by atoms with E-state index in [1.54, 1.807) is 17.1 Å². The fourth-order valence-electron chi connectivity index (χ4n) is 2.34. The minimum atomic E-state index is -0.605. The summed E-state index contributed by atoms with van der Waals surface area (Å²) in [7, 11) is 1.35. The van der Waals surface area contributed by atoms with Crippen molar-refractivity contribution in [3.05, 3.63) is 42.4 Å². The molecule has 3 rings (SSSR count). The lowest BCUT2D eigenvalue weighted by Crippen LogP contribution is -2.37. The van der Waals surface area contributed by atoms with E-state index in [9.17, 15) is 4.79 Å². The first-order valence-corrected chi connectivity index (χ1v) is 6.00. The van der Waals surface area contributed by atoms with Gasteiger partial charge in [0.1, 0.15) is 12.0 Å². The number of nitrogens with zero attached hydrogens (tertiary/aromatic N) is 4. The lowest BCUT2D eigenvalue weighted by Gasteiger charge is -2.31. The third kappa shape index (κ3) is 1.81. The molecule has 0 aromatic carbocycles. The van der Waals surface area contributed by atoms with Gasteiger partial charge in [-0.1, -0.05) is 11.7 Å². The van der Waals surface area contributed by atoms with Gasteiger partial charge in [-0.05, 0) is 16.5 Å². The van der Waals surface area contributed by atoms with Crippen LogP contribution in [0.15, 0.2) is 36.8 Å². The predicted molar refractivity (Wildman–Crippen MR) is 67.2 cm³/mol. The Balaban J connectivity index is 2.14. The molecule has 0 saturated carbocycles. The molecule has 8 nitrogen and oxygen atoms in total. The number of nitrogens with one attached hydrogen (secondary N) is 2. The second-order valence-corrected chi connectivity index (χ2v) is 4.38. The fourth-order valence-corrected chi connectivity index (χ4v) is 2.34. The Morgan fingerprint density at radius 1 is 1.60 bits per heavy atom. The monoisotopic (exact) mass is 273 g/mol. The van der Waals surface area contributed by atoms with Crippen LogP contribution in [0.4, 0.5) is 5.95 Å². The van der Waals surface area contributed by atoms with Crippen LogP contribution < -0.4 is 10.3 Å². The Morgan fingerprint density at radius 3 is 3.15 bits per heavy atom. The van der Waals surface area contributed by atoms with Gasteiger partial charge in [0, 0.05) is 17.3 Å². The lowest BCUT2D eigenvalue weighted by molar-refractivity contribution is -0.379. The SMILES string of the molecule is C=C1Nc2nnnn2C(c2ccc[nH+]c2)C1C(=O)OC. The molecule has 0 radical (unpaired) electrons. The van der Waals surface area contributed by atoms with Crippen molar-refractivity contribution in [1.29, 1.82) is 0 Å². The molecule has 1 aliphatic rings. The summed E-state index contributed by atoms with van der Waals surface area (Å²) in [5.74, 6) is -0.548. The minimum absolute atomic E-state index is 0.391. The predicted octanol–water partition coefficient (Wildman–Crippen LogP) is -0.195. The highest BCUT2D eigenvalue weighted by Crippen LogP contribution is 2.36. The number of rotatable bonds is 2. The van der Waals surface area contributed by atoms with Crippen LogP contribution in [0, 0.1) is 5.92 Å². The van der Waals surface area contributed by atoms with E-state index in [0.717, 1.165) is 5.56 Å². The molecule has 0 fully saturated rings. The molecule has 0 amide bonds. The van der Waals surface area contributed by atoms with Crippen molar-refractivity contribution in [1.82, 2.24) is 20.2 Å². The smallest absolute Gasteiger partial charge is 0.317 e. The summed E-state index contributed by atoms with van der Waals surface area (Å²) in [6, 6.07) is 3.33. The first-order chi connectivity index (χ1) is 9.72. The van der Waals surface area contributed by atoms with Crippen LogP contribution in [0.1, 0.15) is 11.6 Å². The molecule has 2 N–H and O–H groups in total. The van der Waals surface area contributed by atoms with Crippen molar-refractivity contribution >= 4 is 11.9 Å². The van der Waals surface area contributed by atoms with Crippen LogP contribution in [0.3, 0.4) is 0 Å². The van der Waals surface area contributed by atoms with Gasteiger partial charge in [0.2, 0.25) is 5.95 Å². The summed E-state index contributed by atoms with van der Waals surface area (Å²) in [5, 5.41) is 14.4. The van der Waals surface area contributed by atoms with E-state index in [-0.39, 0.29) is 0 Å². The van der Waals surface area contributed by atoms with Gasteiger partial charge >= 0.3 is 5.97 Å². The Hall–Kier alpha value is -2.77. The molecule has 20 heavy (non-hydrogen) atoms. The molecular weight excluding hydrogens is 260 g/mol. The van der Waals surface area contributed by atoms with Crippen molar-refractivity contribution in [3.63, 3.8) is 0 Å². The number of carbonyl (C=O) groups excluding carboxylic acids is 1. The van der Waals surface area contributed by atoms with E-state index in [0.29, 0.717) is 11.6 Å². The van der Waals surface area contributed by atoms with Gasteiger partial charge in [-0.3, -0.25) is 4.79 Å². The zero-order valence-electron chi connectivity index (χ0n) is 10.8. The van der Waals surface area contributed by atoms with E-state index in [1.807, 2.05) is 12.1 Å². The molecule has 2 aromatic heterocycles. The number of hydrogen-bond donors (Lipinski definition) is 1. The summed E-state index contributed by atoms with van der Waals surface area (Å²) in [6.07, 6.45) is 3.58. The highest BCUT2D eigenvalue weighted by molar-refractivity contribution is 5.78. The summed E-state index contributed by atoms with van der Waals surface area (Å²) >= 11 is 0. The van der Waals surface area contributed by atoms with Gasteiger partial charge in [0.25, 0.3) is 0 Å². The number of carbonyl (C=O) groups is 1. The average Bonchev–Trinajstić information content (AvgIpc) is 2.93. The second-order valence-electron chi connectivity index (χ2n) is 4.38. The number of aromatic nitrogens is 5. The molecule has 2 atom stereocenters. The summed E-state index contributed by atoms with van der Waals surface area (Å²) in [4.78, 5) is 15.1. The standard InChI is InChI=1S/C12H12N6O2/c1-7-9(11(19)20-2)10(8-4-3-5-13-6-8)18-12(14-7)15-16-17-18/h3-6,9-10H,1H2,2H3,(H,14,15,17)/p+1. The van der Waals surface area contributed by atoms with Crippen molar-refractivity contribution in [2.24, 2.45) is 5.92 Å². The van der Waals surface area contributed by atoms with Crippen molar-refractivity contribution in [2.45, 2.75) is 6.04 Å². The lowest BCUT2D eigenvalue weighted by atomic mass is 9.90. The Labute approximate surface area is 114 Å². The zero-order chi connectivity index (χ0) is 14.1. The van der Waals surface area contributed by atoms with Crippen LogP contribution in [0.5, 0.6) is 0 Å². The van der Waals surface area contributed by atoms with Crippen LogP contribution in [0.25, 0.3) is 0 Å². The molecule has 2 unspecified atom stereocenters. The molecular formula is C12H13N6O2+. The van der Waals surface area contributed by atoms with Gasteiger partial charge in [-0.2, -0.15) is 0 Å².